The molecule has 0 amide bonds. The Kier molecular flexibility index (Phi) is 3.76. The van der Waals surface area contributed by atoms with Crippen molar-refractivity contribution < 1.29 is 9.66 Å². The Labute approximate surface area is 113 Å². The highest BCUT2D eigenvalue weighted by Crippen LogP contribution is 2.33. The van der Waals surface area contributed by atoms with E-state index in [9.17, 15) is 10.1 Å². The summed E-state index contributed by atoms with van der Waals surface area (Å²) < 4.78 is 5.38. The number of ether oxygens (including phenoxy) is 1. The summed E-state index contributed by atoms with van der Waals surface area (Å²) in [5, 5.41) is 13.9. The fourth-order valence-electron chi connectivity index (χ4n) is 1.31. The van der Waals surface area contributed by atoms with E-state index in [2.05, 4.69) is 15.3 Å². The number of halogens is 1. The average molecular weight is 281 g/mol. The van der Waals surface area contributed by atoms with Crippen molar-refractivity contribution in [1.82, 2.24) is 9.97 Å². The Morgan fingerprint density at radius 2 is 2.16 bits per heavy atom. The first-order valence-electron chi connectivity index (χ1n) is 5.23. The average Bonchev–Trinajstić information content (AvgIpc) is 2.41. The van der Waals surface area contributed by atoms with E-state index in [1.807, 2.05) is 0 Å². The molecule has 0 aliphatic carbocycles. The summed E-state index contributed by atoms with van der Waals surface area (Å²) in [5.41, 5.74) is -0.334. The smallest absolute Gasteiger partial charge is 0.349 e. The first-order valence-corrected chi connectivity index (χ1v) is 5.61. The number of rotatable bonds is 4. The van der Waals surface area contributed by atoms with E-state index in [0.29, 0.717) is 5.02 Å². The van der Waals surface area contributed by atoms with Crippen LogP contribution in [0.4, 0.5) is 11.6 Å². The van der Waals surface area contributed by atoms with Crippen LogP contribution in [0.2, 0.25) is 5.02 Å². The highest BCUT2D eigenvalue weighted by Gasteiger charge is 2.20. The quantitative estimate of drug-likeness (QED) is 0.684. The first kappa shape index (κ1) is 13.0. The van der Waals surface area contributed by atoms with Crippen molar-refractivity contribution in [2.24, 2.45) is 0 Å². The van der Waals surface area contributed by atoms with E-state index in [-0.39, 0.29) is 23.3 Å². The molecule has 2 rings (SSSR count). The van der Waals surface area contributed by atoms with Crippen LogP contribution >= 0.6 is 11.6 Å². The molecule has 19 heavy (non-hydrogen) atoms. The van der Waals surface area contributed by atoms with Crippen LogP contribution in [0.25, 0.3) is 0 Å². The van der Waals surface area contributed by atoms with Crippen molar-refractivity contribution in [3.63, 3.8) is 0 Å². The zero-order chi connectivity index (χ0) is 13.8. The SMILES string of the molecule is CNc1ncc([N+](=O)[O-])c(Oc2ccccc2Cl)n1. The Morgan fingerprint density at radius 3 is 2.79 bits per heavy atom. The van der Waals surface area contributed by atoms with Crippen molar-refractivity contribution in [2.75, 3.05) is 12.4 Å². The van der Waals surface area contributed by atoms with Gasteiger partial charge in [0.25, 0.3) is 0 Å². The van der Waals surface area contributed by atoms with Crippen LogP contribution in [0, 0.1) is 10.1 Å². The summed E-state index contributed by atoms with van der Waals surface area (Å²) in [4.78, 5) is 17.9. The van der Waals surface area contributed by atoms with Gasteiger partial charge in [-0.05, 0) is 12.1 Å². The fraction of sp³-hybridized carbons (Fsp3) is 0.0909. The molecule has 0 fully saturated rings. The molecule has 0 bridgehead atoms. The van der Waals surface area contributed by atoms with Gasteiger partial charge in [0.15, 0.2) is 0 Å². The van der Waals surface area contributed by atoms with Crippen LogP contribution in [-0.4, -0.2) is 21.9 Å². The predicted molar refractivity (Wildman–Crippen MR) is 69.8 cm³/mol. The minimum absolute atomic E-state index is 0.169. The molecule has 1 aromatic heterocycles. The zero-order valence-electron chi connectivity index (χ0n) is 9.83. The van der Waals surface area contributed by atoms with Gasteiger partial charge in [0.2, 0.25) is 5.95 Å². The number of nitrogens with zero attached hydrogens (tertiary/aromatic N) is 3. The van der Waals surface area contributed by atoms with Crippen LogP contribution < -0.4 is 10.1 Å². The molecule has 1 aromatic carbocycles. The lowest BCUT2D eigenvalue weighted by Gasteiger charge is -2.07. The summed E-state index contributed by atoms with van der Waals surface area (Å²) in [6.07, 6.45) is 1.07. The number of hydrogen-bond donors (Lipinski definition) is 1. The van der Waals surface area contributed by atoms with Gasteiger partial charge in [0.05, 0.1) is 9.95 Å². The van der Waals surface area contributed by atoms with E-state index in [4.69, 9.17) is 16.3 Å². The molecule has 0 saturated heterocycles. The second kappa shape index (κ2) is 5.49. The summed E-state index contributed by atoms with van der Waals surface area (Å²) in [6, 6.07) is 6.63. The lowest BCUT2D eigenvalue weighted by molar-refractivity contribution is -0.386. The highest BCUT2D eigenvalue weighted by atomic mass is 35.5. The van der Waals surface area contributed by atoms with E-state index in [0.717, 1.165) is 6.20 Å². The van der Waals surface area contributed by atoms with Crippen molar-refractivity contribution in [3.05, 3.63) is 45.6 Å². The fourth-order valence-corrected chi connectivity index (χ4v) is 1.49. The summed E-state index contributed by atoms with van der Waals surface area (Å²) >= 11 is 5.93. The summed E-state index contributed by atoms with van der Waals surface area (Å²) in [7, 11) is 1.60. The van der Waals surface area contributed by atoms with Gasteiger partial charge in [0, 0.05) is 7.05 Å². The maximum atomic E-state index is 10.9. The molecule has 0 aliphatic rings. The van der Waals surface area contributed by atoms with Gasteiger partial charge in [-0.25, -0.2) is 4.98 Å². The van der Waals surface area contributed by atoms with E-state index in [1.54, 1.807) is 31.3 Å². The molecule has 8 heteroatoms. The second-order valence-corrected chi connectivity index (χ2v) is 3.83. The zero-order valence-corrected chi connectivity index (χ0v) is 10.6. The number of nitro groups is 1. The molecule has 1 N–H and O–H groups in total. The van der Waals surface area contributed by atoms with Gasteiger partial charge in [-0.1, -0.05) is 23.7 Å². The normalized spacial score (nSPS) is 10.0. The lowest BCUT2D eigenvalue weighted by Crippen LogP contribution is -2.02. The number of nitrogens with one attached hydrogen (secondary N) is 1. The molecule has 0 saturated carbocycles. The minimum atomic E-state index is -0.619. The van der Waals surface area contributed by atoms with Gasteiger partial charge < -0.3 is 10.1 Å². The largest absolute Gasteiger partial charge is 0.432 e. The van der Waals surface area contributed by atoms with Crippen molar-refractivity contribution in [3.8, 4) is 11.6 Å². The third-order valence-electron chi connectivity index (χ3n) is 2.20. The molecule has 0 unspecified atom stereocenters. The monoisotopic (exact) mass is 280 g/mol. The van der Waals surface area contributed by atoms with Gasteiger partial charge in [-0.2, -0.15) is 4.98 Å². The highest BCUT2D eigenvalue weighted by molar-refractivity contribution is 6.32. The van der Waals surface area contributed by atoms with E-state index in [1.165, 1.54) is 0 Å². The van der Waals surface area contributed by atoms with Crippen LogP contribution in [0.15, 0.2) is 30.5 Å². The first-order chi connectivity index (χ1) is 9.11. The number of hydrogen-bond acceptors (Lipinski definition) is 6. The third-order valence-corrected chi connectivity index (χ3v) is 2.51. The summed E-state index contributed by atoms with van der Waals surface area (Å²) in [5.74, 6) is 0.332. The molecule has 0 atom stereocenters. The Morgan fingerprint density at radius 1 is 1.42 bits per heavy atom. The van der Waals surface area contributed by atoms with Crippen LogP contribution in [0.5, 0.6) is 11.6 Å². The van der Waals surface area contributed by atoms with Crippen molar-refractivity contribution in [1.29, 1.82) is 0 Å². The topological polar surface area (TPSA) is 90.2 Å². The molecule has 0 spiro atoms. The van der Waals surface area contributed by atoms with Gasteiger partial charge in [-0.15, -0.1) is 0 Å². The van der Waals surface area contributed by atoms with Gasteiger partial charge in [0.1, 0.15) is 11.9 Å². The predicted octanol–water partition coefficient (Wildman–Crippen LogP) is 2.87. The molecule has 0 radical (unpaired) electrons. The Hall–Kier alpha value is -2.41. The molecule has 98 valence electrons. The number of para-hydroxylation sites is 1. The van der Waals surface area contributed by atoms with E-state index >= 15 is 0 Å². The Bertz CT molecular complexity index is 621. The van der Waals surface area contributed by atoms with Crippen LogP contribution in [0.1, 0.15) is 0 Å². The summed E-state index contributed by atoms with van der Waals surface area (Å²) in [6.45, 7) is 0. The minimum Gasteiger partial charge on any atom is -0.432 e. The number of anilines is 1. The van der Waals surface area contributed by atoms with Crippen molar-refractivity contribution >= 4 is 23.2 Å². The second-order valence-electron chi connectivity index (χ2n) is 3.42. The van der Waals surface area contributed by atoms with Crippen LogP contribution in [-0.2, 0) is 0 Å². The standard InChI is InChI=1S/C11H9ClN4O3/c1-13-11-14-6-8(16(17)18)10(15-11)19-9-5-3-2-4-7(9)12/h2-6H,1H3,(H,13,14,15). The maximum absolute atomic E-state index is 10.9. The van der Waals surface area contributed by atoms with Crippen molar-refractivity contribution in [2.45, 2.75) is 0 Å². The molecule has 7 nitrogen and oxygen atoms in total. The third kappa shape index (κ3) is 2.89. The maximum Gasteiger partial charge on any atom is 0.349 e. The van der Waals surface area contributed by atoms with Crippen LogP contribution in [0.3, 0.4) is 0 Å². The van der Waals surface area contributed by atoms with E-state index < -0.39 is 4.92 Å². The van der Waals surface area contributed by atoms with Gasteiger partial charge >= 0.3 is 11.6 Å². The molecular weight excluding hydrogens is 272 g/mol. The molecule has 2 aromatic rings. The van der Waals surface area contributed by atoms with Gasteiger partial charge in [-0.3, -0.25) is 10.1 Å². The molecule has 1 heterocycles. The molecule has 0 aliphatic heterocycles. The molecular formula is C11H9ClN4O3. The Balaban J connectivity index is 2.43. The number of benzene rings is 1. The number of aromatic nitrogens is 2. The lowest BCUT2D eigenvalue weighted by atomic mass is 10.3.